The lowest BCUT2D eigenvalue weighted by molar-refractivity contribution is 0.0176. The third kappa shape index (κ3) is 7.40. The van der Waals surface area contributed by atoms with Gasteiger partial charge in [-0.2, -0.15) is 0 Å². The van der Waals surface area contributed by atoms with E-state index in [1.54, 1.807) is 13.2 Å². The third-order valence-electron chi connectivity index (χ3n) is 2.45. The maximum Gasteiger partial charge on any atom is 0.213 e. The molecule has 0 saturated carbocycles. The first-order valence-corrected chi connectivity index (χ1v) is 6.62. The van der Waals surface area contributed by atoms with Crippen molar-refractivity contribution < 1.29 is 24.1 Å². The first-order chi connectivity index (χ1) is 9.76. The van der Waals surface area contributed by atoms with E-state index in [0.29, 0.717) is 45.5 Å². The Balaban J connectivity index is 2.08. The van der Waals surface area contributed by atoms with Crippen LogP contribution in [0.25, 0.3) is 0 Å². The van der Waals surface area contributed by atoms with E-state index >= 15 is 0 Å². The Morgan fingerprint density at radius 3 is 2.30 bits per heavy atom. The lowest BCUT2D eigenvalue weighted by atomic mass is 10.2. The smallest absolute Gasteiger partial charge is 0.213 e. The summed E-state index contributed by atoms with van der Waals surface area (Å²) >= 11 is 0. The Hall–Kier alpha value is -1.21. The fraction of sp³-hybridized carbons (Fsp3) is 0.643. The number of ether oxygens (including phenoxy) is 4. The lowest BCUT2D eigenvalue weighted by Gasteiger charge is -2.08. The molecule has 0 spiro atoms. The van der Waals surface area contributed by atoms with Gasteiger partial charge in [0.05, 0.1) is 39.6 Å². The monoisotopic (exact) mass is 285 g/mol. The molecule has 0 radical (unpaired) electrons. The topological polar surface area (TPSA) is 70.0 Å². The van der Waals surface area contributed by atoms with Crippen LogP contribution in [0.1, 0.15) is 11.3 Å². The molecule has 1 aromatic rings. The van der Waals surface area contributed by atoms with Crippen LogP contribution in [-0.4, -0.2) is 56.8 Å². The van der Waals surface area contributed by atoms with E-state index in [1.165, 1.54) is 0 Å². The van der Waals surface area contributed by atoms with Crippen LogP contribution >= 0.6 is 0 Å². The number of nitrogens with zero attached hydrogens (tertiary/aromatic N) is 1. The SMILES string of the molecule is COCCOCCOCCOc1cc(CO)cc(C)n1. The first kappa shape index (κ1) is 16.8. The standard InChI is InChI=1S/C14H23NO5/c1-12-9-13(11-16)10-14(15-12)20-8-7-19-6-5-18-4-3-17-2/h9-10,16H,3-8,11H2,1-2H3. The summed E-state index contributed by atoms with van der Waals surface area (Å²) in [6, 6.07) is 3.54. The Morgan fingerprint density at radius 1 is 1.00 bits per heavy atom. The molecule has 0 aliphatic carbocycles. The van der Waals surface area contributed by atoms with Crippen molar-refractivity contribution in [3.8, 4) is 5.88 Å². The first-order valence-electron chi connectivity index (χ1n) is 6.62. The minimum Gasteiger partial charge on any atom is -0.475 e. The van der Waals surface area contributed by atoms with Crippen LogP contribution < -0.4 is 4.74 Å². The number of aliphatic hydroxyl groups excluding tert-OH is 1. The van der Waals surface area contributed by atoms with Gasteiger partial charge in [-0.3, -0.25) is 0 Å². The highest BCUT2D eigenvalue weighted by molar-refractivity contribution is 5.23. The van der Waals surface area contributed by atoms with Crippen LogP contribution in [0.5, 0.6) is 5.88 Å². The van der Waals surface area contributed by atoms with E-state index in [0.717, 1.165) is 11.3 Å². The number of aliphatic hydroxyl groups is 1. The maximum absolute atomic E-state index is 9.09. The average Bonchev–Trinajstić information content (AvgIpc) is 2.45. The van der Waals surface area contributed by atoms with Gasteiger partial charge in [0.2, 0.25) is 5.88 Å². The highest BCUT2D eigenvalue weighted by Crippen LogP contribution is 2.12. The maximum atomic E-state index is 9.09. The molecule has 1 N–H and O–H groups in total. The minimum atomic E-state index is -0.0188. The Morgan fingerprint density at radius 2 is 1.65 bits per heavy atom. The van der Waals surface area contributed by atoms with Crippen molar-refractivity contribution in [3.63, 3.8) is 0 Å². The van der Waals surface area contributed by atoms with E-state index in [1.807, 2.05) is 13.0 Å². The molecule has 0 amide bonds. The van der Waals surface area contributed by atoms with Crippen LogP contribution in [0.4, 0.5) is 0 Å². The number of aryl methyl sites for hydroxylation is 1. The third-order valence-corrected chi connectivity index (χ3v) is 2.45. The van der Waals surface area contributed by atoms with Crippen molar-refractivity contribution in [2.45, 2.75) is 13.5 Å². The van der Waals surface area contributed by atoms with Crippen LogP contribution in [-0.2, 0) is 20.8 Å². The second-order valence-corrected chi connectivity index (χ2v) is 4.18. The number of methoxy groups -OCH3 is 1. The Bertz CT molecular complexity index is 373. The molecule has 6 nitrogen and oxygen atoms in total. The summed E-state index contributed by atoms with van der Waals surface area (Å²) < 4.78 is 20.9. The summed E-state index contributed by atoms with van der Waals surface area (Å²) in [5.74, 6) is 0.508. The molecule has 114 valence electrons. The van der Waals surface area contributed by atoms with Gasteiger partial charge in [0.15, 0.2) is 0 Å². The number of pyridine rings is 1. The molecule has 0 fully saturated rings. The van der Waals surface area contributed by atoms with Gasteiger partial charge in [-0.1, -0.05) is 0 Å². The van der Waals surface area contributed by atoms with Gasteiger partial charge in [0.25, 0.3) is 0 Å². The quantitative estimate of drug-likeness (QED) is 0.610. The summed E-state index contributed by atoms with van der Waals surface area (Å²) in [5.41, 5.74) is 1.61. The van der Waals surface area contributed by atoms with Crippen molar-refractivity contribution in [1.82, 2.24) is 4.98 Å². The predicted octanol–water partition coefficient (Wildman–Crippen LogP) is 0.941. The zero-order valence-electron chi connectivity index (χ0n) is 12.1. The molecule has 0 saturated heterocycles. The second-order valence-electron chi connectivity index (χ2n) is 4.18. The molecule has 0 atom stereocenters. The van der Waals surface area contributed by atoms with Gasteiger partial charge < -0.3 is 24.1 Å². The molecule has 1 heterocycles. The van der Waals surface area contributed by atoms with E-state index in [4.69, 9.17) is 24.1 Å². The van der Waals surface area contributed by atoms with Crippen LogP contribution in [0.2, 0.25) is 0 Å². The molecule has 1 aromatic heterocycles. The number of hydrogen-bond acceptors (Lipinski definition) is 6. The zero-order chi connectivity index (χ0) is 14.6. The number of rotatable bonds is 11. The normalized spacial score (nSPS) is 10.8. The molecular weight excluding hydrogens is 262 g/mol. The van der Waals surface area contributed by atoms with Crippen LogP contribution in [0.15, 0.2) is 12.1 Å². The van der Waals surface area contributed by atoms with Crippen LogP contribution in [0, 0.1) is 6.92 Å². The van der Waals surface area contributed by atoms with Gasteiger partial charge in [-0.25, -0.2) is 4.98 Å². The number of hydrogen-bond donors (Lipinski definition) is 1. The summed E-state index contributed by atoms with van der Waals surface area (Å²) in [6.07, 6.45) is 0. The van der Waals surface area contributed by atoms with Crippen molar-refractivity contribution >= 4 is 0 Å². The van der Waals surface area contributed by atoms with Crippen molar-refractivity contribution in [2.24, 2.45) is 0 Å². The molecular formula is C14H23NO5. The van der Waals surface area contributed by atoms with Gasteiger partial charge >= 0.3 is 0 Å². The summed E-state index contributed by atoms with van der Waals surface area (Å²) in [5, 5.41) is 9.09. The molecule has 0 bridgehead atoms. The van der Waals surface area contributed by atoms with Gasteiger partial charge in [-0.15, -0.1) is 0 Å². The summed E-state index contributed by atoms with van der Waals surface area (Å²) in [6.45, 7) is 4.96. The van der Waals surface area contributed by atoms with Crippen molar-refractivity contribution in [1.29, 1.82) is 0 Å². The van der Waals surface area contributed by atoms with Gasteiger partial charge in [0, 0.05) is 18.9 Å². The highest BCUT2D eigenvalue weighted by atomic mass is 16.6. The number of aromatic nitrogens is 1. The van der Waals surface area contributed by atoms with Crippen molar-refractivity contribution in [2.75, 3.05) is 46.8 Å². The van der Waals surface area contributed by atoms with E-state index < -0.39 is 0 Å². The fourth-order valence-electron chi connectivity index (χ4n) is 1.54. The molecule has 0 aliphatic rings. The highest BCUT2D eigenvalue weighted by Gasteiger charge is 2.00. The predicted molar refractivity (Wildman–Crippen MR) is 73.9 cm³/mol. The molecule has 0 aromatic carbocycles. The van der Waals surface area contributed by atoms with Crippen LogP contribution in [0.3, 0.4) is 0 Å². The largest absolute Gasteiger partial charge is 0.475 e. The summed E-state index contributed by atoms with van der Waals surface area (Å²) in [7, 11) is 1.64. The zero-order valence-corrected chi connectivity index (χ0v) is 12.1. The minimum absolute atomic E-state index is 0.0188. The van der Waals surface area contributed by atoms with E-state index in [9.17, 15) is 0 Å². The van der Waals surface area contributed by atoms with E-state index in [-0.39, 0.29) is 6.61 Å². The Labute approximate surface area is 119 Å². The fourth-order valence-corrected chi connectivity index (χ4v) is 1.54. The molecule has 1 rings (SSSR count). The van der Waals surface area contributed by atoms with E-state index in [2.05, 4.69) is 4.98 Å². The van der Waals surface area contributed by atoms with Gasteiger partial charge in [-0.05, 0) is 18.6 Å². The average molecular weight is 285 g/mol. The summed E-state index contributed by atoms with van der Waals surface area (Å²) in [4.78, 5) is 4.22. The molecule has 0 unspecified atom stereocenters. The lowest BCUT2D eigenvalue weighted by Crippen LogP contribution is -2.12. The Kier molecular flexibility index (Phi) is 8.90. The van der Waals surface area contributed by atoms with Crippen molar-refractivity contribution in [3.05, 3.63) is 23.4 Å². The molecule has 6 heteroatoms. The van der Waals surface area contributed by atoms with Gasteiger partial charge in [0.1, 0.15) is 6.61 Å². The second kappa shape index (κ2) is 10.6. The molecule has 0 aliphatic heterocycles. The molecule has 20 heavy (non-hydrogen) atoms.